The van der Waals surface area contributed by atoms with E-state index in [1.54, 1.807) is 12.1 Å². The Labute approximate surface area is 76.1 Å². The number of aliphatic hydroxyl groups is 2. The summed E-state index contributed by atoms with van der Waals surface area (Å²) in [5.74, 6) is -0.354. The number of aromatic nitrogens is 1. The molecule has 0 aromatic carbocycles. The predicted octanol–water partition coefficient (Wildman–Crippen LogP) is 0.0215. The zero-order valence-corrected chi connectivity index (χ0v) is 7.01. The highest BCUT2D eigenvalue weighted by atomic mass is 16.3. The van der Waals surface area contributed by atoms with Crippen molar-refractivity contribution in [1.82, 2.24) is 4.98 Å². The van der Waals surface area contributed by atoms with Crippen LogP contribution in [-0.2, 0) is 0 Å². The Bertz CT molecular complexity index is 298. The van der Waals surface area contributed by atoms with Crippen LogP contribution >= 0.6 is 0 Å². The Hall–Kier alpha value is -1.44. The molecule has 0 aliphatic heterocycles. The van der Waals surface area contributed by atoms with Crippen molar-refractivity contribution in [2.24, 2.45) is 0 Å². The minimum absolute atomic E-state index is 0.143. The van der Waals surface area contributed by atoms with Gasteiger partial charge in [0.2, 0.25) is 0 Å². The highest BCUT2D eigenvalue weighted by Gasteiger charge is 2.09. The summed E-state index contributed by atoms with van der Waals surface area (Å²) in [4.78, 5) is 3.95. The smallest absolute Gasteiger partial charge is 0.101 e. The molecule has 0 saturated carbocycles. The largest absolute Gasteiger partial charge is 0.396 e. The van der Waals surface area contributed by atoms with Gasteiger partial charge in [-0.2, -0.15) is 5.26 Å². The Balaban J connectivity index is 2.85. The summed E-state index contributed by atoms with van der Waals surface area (Å²) in [5.41, 5.74) is 1.07. The topological polar surface area (TPSA) is 77.1 Å². The number of rotatable bonds is 3. The summed E-state index contributed by atoms with van der Waals surface area (Å²) in [6, 6.07) is 5.19. The number of pyridine rings is 1. The van der Waals surface area contributed by atoms with Gasteiger partial charge in [0.05, 0.1) is 18.8 Å². The second-order valence-corrected chi connectivity index (χ2v) is 2.65. The van der Waals surface area contributed by atoms with Gasteiger partial charge in [0, 0.05) is 17.8 Å². The van der Waals surface area contributed by atoms with E-state index in [0.29, 0.717) is 11.3 Å². The lowest BCUT2D eigenvalue weighted by atomic mass is 10.1. The summed E-state index contributed by atoms with van der Waals surface area (Å²) in [7, 11) is 0. The molecule has 0 amide bonds. The van der Waals surface area contributed by atoms with Crippen LogP contribution in [0, 0.1) is 11.3 Å². The van der Waals surface area contributed by atoms with Gasteiger partial charge in [0.1, 0.15) is 6.07 Å². The van der Waals surface area contributed by atoms with Gasteiger partial charge in [-0.05, 0) is 12.1 Å². The van der Waals surface area contributed by atoms with Crippen molar-refractivity contribution < 1.29 is 10.2 Å². The maximum Gasteiger partial charge on any atom is 0.101 e. The molecule has 1 aromatic heterocycles. The van der Waals surface area contributed by atoms with Crippen molar-refractivity contribution in [2.45, 2.75) is 5.92 Å². The van der Waals surface area contributed by atoms with Gasteiger partial charge in [-0.15, -0.1) is 0 Å². The molecule has 0 unspecified atom stereocenters. The summed E-state index contributed by atoms with van der Waals surface area (Å²) in [5, 5.41) is 26.2. The van der Waals surface area contributed by atoms with E-state index in [1.807, 2.05) is 6.07 Å². The Morgan fingerprint density at radius 1 is 1.38 bits per heavy atom. The first kappa shape index (κ1) is 9.65. The van der Waals surface area contributed by atoms with Gasteiger partial charge in [0.15, 0.2) is 0 Å². The van der Waals surface area contributed by atoms with Crippen molar-refractivity contribution in [3.8, 4) is 6.07 Å². The molecule has 0 atom stereocenters. The molecule has 0 bridgehead atoms. The minimum Gasteiger partial charge on any atom is -0.396 e. The fraction of sp³-hybridized carbons (Fsp3) is 0.333. The van der Waals surface area contributed by atoms with Crippen molar-refractivity contribution in [3.05, 3.63) is 29.6 Å². The zero-order valence-electron chi connectivity index (χ0n) is 7.01. The molecule has 0 aliphatic carbocycles. The molecule has 4 nitrogen and oxygen atoms in total. The third-order valence-corrected chi connectivity index (χ3v) is 1.77. The standard InChI is InChI=1S/C9H10N2O2/c10-3-7-1-2-9(11-4-7)8(5-12)6-13/h1-2,4,8,12-13H,5-6H2. The Kier molecular flexibility index (Phi) is 3.38. The molecular formula is C9H10N2O2. The summed E-state index contributed by atoms with van der Waals surface area (Å²) < 4.78 is 0. The summed E-state index contributed by atoms with van der Waals surface area (Å²) in [6.07, 6.45) is 1.42. The number of hydrogen-bond donors (Lipinski definition) is 2. The van der Waals surface area contributed by atoms with E-state index in [-0.39, 0.29) is 19.1 Å². The molecule has 0 aliphatic rings. The summed E-state index contributed by atoms with van der Waals surface area (Å²) >= 11 is 0. The lowest BCUT2D eigenvalue weighted by molar-refractivity contribution is 0.190. The quantitative estimate of drug-likeness (QED) is 0.684. The lowest BCUT2D eigenvalue weighted by Gasteiger charge is -2.08. The minimum atomic E-state index is -0.354. The van der Waals surface area contributed by atoms with E-state index in [0.717, 1.165) is 0 Å². The van der Waals surface area contributed by atoms with E-state index in [1.165, 1.54) is 6.20 Å². The molecule has 0 radical (unpaired) electrons. The molecule has 13 heavy (non-hydrogen) atoms. The van der Waals surface area contributed by atoms with E-state index >= 15 is 0 Å². The van der Waals surface area contributed by atoms with Crippen molar-refractivity contribution >= 4 is 0 Å². The third kappa shape index (κ3) is 2.25. The lowest BCUT2D eigenvalue weighted by Crippen LogP contribution is -2.10. The van der Waals surface area contributed by atoms with E-state index in [4.69, 9.17) is 15.5 Å². The third-order valence-electron chi connectivity index (χ3n) is 1.77. The van der Waals surface area contributed by atoms with Crippen LogP contribution in [0.1, 0.15) is 17.2 Å². The van der Waals surface area contributed by atoms with Crippen LogP contribution < -0.4 is 0 Å². The molecule has 1 aromatic rings. The maximum atomic E-state index is 8.84. The van der Waals surface area contributed by atoms with E-state index < -0.39 is 0 Å². The highest BCUT2D eigenvalue weighted by molar-refractivity contribution is 5.27. The van der Waals surface area contributed by atoms with Crippen molar-refractivity contribution in [2.75, 3.05) is 13.2 Å². The van der Waals surface area contributed by atoms with E-state index in [9.17, 15) is 0 Å². The van der Waals surface area contributed by atoms with Crippen LogP contribution in [0.3, 0.4) is 0 Å². The molecule has 1 rings (SSSR count). The van der Waals surface area contributed by atoms with Crippen LogP contribution in [0.4, 0.5) is 0 Å². The average Bonchev–Trinajstić information content (AvgIpc) is 2.21. The number of hydrogen-bond acceptors (Lipinski definition) is 4. The van der Waals surface area contributed by atoms with Crippen LogP contribution in [0.5, 0.6) is 0 Å². The second kappa shape index (κ2) is 4.55. The molecule has 2 N–H and O–H groups in total. The van der Waals surface area contributed by atoms with Gasteiger partial charge < -0.3 is 10.2 Å². The molecular weight excluding hydrogens is 168 g/mol. The van der Waals surface area contributed by atoms with Gasteiger partial charge >= 0.3 is 0 Å². The molecule has 0 spiro atoms. The Morgan fingerprint density at radius 3 is 2.46 bits per heavy atom. The van der Waals surface area contributed by atoms with E-state index in [2.05, 4.69) is 4.98 Å². The van der Waals surface area contributed by atoms with Crippen LogP contribution in [0.2, 0.25) is 0 Å². The normalized spacial score (nSPS) is 10.0. The van der Waals surface area contributed by atoms with Gasteiger partial charge in [-0.25, -0.2) is 0 Å². The average molecular weight is 178 g/mol. The monoisotopic (exact) mass is 178 g/mol. The number of aliphatic hydroxyl groups excluding tert-OH is 2. The molecule has 4 heteroatoms. The van der Waals surface area contributed by atoms with Crippen LogP contribution in [0.25, 0.3) is 0 Å². The highest BCUT2D eigenvalue weighted by Crippen LogP contribution is 2.11. The first-order valence-corrected chi connectivity index (χ1v) is 3.89. The Morgan fingerprint density at radius 2 is 2.08 bits per heavy atom. The molecule has 1 heterocycles. The van der Waals surface area contributed by atoms with Crippen molar-refractivity contribution in [3.63, 3.8) is 0 Å². The molecule has 68 valence electrons. The van der Waals surface area contributed by atoms with Gasteiger partial charge in [0.25, 0.3) is 0 Å². The fourth-order valence-corrected chi connectivity index (χ4v) is 0.958. The van der Waals surface area contributed by atoms with Gasteiger partial charge in [-0.1, -0.05) is 0 Å². The SMILES string of the molecule is N#Cc1ccc(C(CO)CO)nc1. The first-order chi connectivity index (χ1) is 6.31. The molecule has 0 fully saturated rings. The van der Waals surface area contributed by atoms with Gasteiger partial charge in [-0.3, -0.25) is 4.98 Å². The molecule has 0 saturated heterocycles. The summed E-state index contributed by atoms with van der Waals surface area (Å²) in [6.45, 7) is -0.287. The zero-order chi connectivity index (χ0) is 9.68. The predicted molar refractivity (Wildman–Crippen MR) is 45.9 cm³/mol. The van der Waals surface area contributed by atoms with Crippen LogP contribution in [0.15, 0.2) is 18.3 Å². The van der Waals surface area contributed by atoms with Crippen LogP contribution in [-0.4, -0.2) is 28.4 Å². The maximum absolute atomic E-state index is 8.84. The number of nitrogens with zero attached hydrogens (tertiary/aromatic N) is 2. The van der Waals surface area contributed by atoms with Crippen molar-refractivity contribution in [1.29, 1.82) is 5.26 Å². The first-order valence-electron chi connectivity index (χ1n) is 3.89. The number of nitriles is 1. The fourth-order valence-electron chi connectivity index (χ4n) is 0.958. The second-order valence-electron chi connectivity index (χ2n) is 2.65.